The van der Waals surface area contributed by atoms with Gasteiger partial charge in [0.05, 0.1) is 6.42 Å². The predicted molar refractivity (Wildman–Crippen MR) is 111 cm³/mol. The molecule has 0 aromatic heterocycles. The van der Waals surface area contributed by atoms with E-state index in [1.54, 1.807) is 42.5 Å². The Balaban J connectivity index is 1.36. The lowest BCUT2D eigenvalue weighted by atomic mass is 10.1. The zero-order valence-corrected chi connectivity index (χ0v) is 15.7. The minimum Gasteiger partial charge on any atom is -0.486 e. The van der Waals surface area contributed by atoms with E-state index in [2.05, 4.69) is 10.6 Å². The molecular formula is C23H20N2O4. The summed E-state index contributed by atoms with van der Waals surface area (Å²) >= 11 is 0. The Labute approximate surface area is 168 Å². The number of hydrogen-bond acceptors (Lipinski definition) is 4. The van der Waals surface area contributed by atoms with Crippen molar-refractivity contribution in [1.82, 2.24) is 0 Å². The van der Waals surface area contributed by atoms with Gasteiger partial charge in [0, 0.05) is 23.0 Å². The van der Waals surface area contributed by atoms with Gasteiger partial charge in [-0.1, -0.05) is 30.3 Å². The van der Waals surface area contributed by atoms with Gasteiger partial charge in [0.25, 0.3) is 5.91 Å². The predicted octanol–water partition coefficient (Wildman–Crippen LogP) is 3.89. The molecule has 3 aromatic rings. The summed E-state index contributed by atoms with van der Waals surface area (Å²) in [6.45, 7) is 1.01. The summed E-state index contributed by atoms with van der Waals surface area (Å²) in [5.74, 6) is 0.934. The molecule has 0 bridgehead atoms. The summed E-state index contributed by atoms with van der Waals surface area (Å²) in [5.41, 5.74) is 2.70. The highest BCUT2D eigenvalue weighted by Gasteiger charge is 2.13. The molecule has 6 heteroatoms. The molecule has 1 aliphatic rings. The number of hydrogen-bond donors (Lipinski definition) is 2. The molecule has 6 nitrogen and oxygen atoms in total. The molecule has 2 amide bonds. The van der Waals surface area contributed by atoms with Crippen LogP contribution in [-0.4, -0.2) is 25.0 Å². The highest BCUT2D eigenvalue weighted by Crippen LogP contribution is 2.32. The standard InChI is InChI=1S/C23H20N2O4/c26-22(14-16-4-2-1-3-5-16)24-18-8-6-17(7-9-18)23(27)25-19-10-11-20-21(15-19)29-13-12-28-20/h1-11,15H,12-14H2,(H,24,26)(H,25,27). The average molecular weight is 388 g/mol. The maximum atomic E-state index is 12.5. The minimum absolute atomic E-state index is 0.107. The van der Waals surface area contributed by atoms with Gasteiger partial charge in [-0.2, -0.15) is 0 Å². The van der Waals surface area contributed by atoms with E-state index in [0.717, 1.165) is 5.56 Å². The van der Waals surface area contributed by atoms with Crippen LogP contribution in [-0.2, 0) is 11.2 Å². The van der Waals surface area contributed by atoms with E-state index in [9.17, 15) is 9.59 Å². The van der Waals surface area contributed by atoms with Gasteiger partial charge in [-0.15, -0.1) is 0 Å². The molecule has 0 spiro atoms. The largest absolute Gasteiger partial charge is 0.486 e. The van der Waals surface area contributed by atoms with Crippen LogP contribution in [0.1, 0.15) is 15.9 Å². The molecule has 146 valence electrons. The first kappa shape index (κ1) is 18.6. The van der Waals surface area contributed by atoms with Crippen LogP contribution in [0.2, 0.25) is 0 Å². The summed E-state index contributed by atoms with van der Waals surface area (Å²) in [6.07, 6.45) is 0.299. The molecule has 29 heavy (non-hydrogen) atoms. The SMILES string of the molecule is O=C(Cc1ccccc1)Nc1ccc(C(=O)Nc2ccc3c(c2)OCCO3)cc1. The van der Waals surface area contributed by atoms with Gasteiger partial charge < -0.3 is 20.1 Å². The molecule has 3 aromatic carbocycles. The lowest BCUT2D eigenvalue weighted by Crippen LogP contribution is -2.16. The Kier molecular flexibility index (Phi) is 5.42. The molecule has 1 heterocycles. The molecule has 0 saturated heterocycles. The third kappa shape index (κ3) is 4.73. The number of carbonyl (C=O) groups excluding carboxylic acids is 2. The Morgan fingerprint density at radius 2 is 1.45 bits per heavy atom. The van der Waals surface area contributed by atoms with E-state index in [-0.39, 0.29) is 11.8 Å². The van der Waals surface area contributed by atoms with Crippen LogP contribution in [0.5, 0.6) is 11.5 Å². The van der Waals surface area contributed by atoms with Crippen molar-refractivity contribution in [3.8, 4) is 11.5 Å². The second kappa shape index (κ2) is 8.48. The van der Waals surface area contributed by atoms with E-state index in [1.165, 1.54) is 0 Å². The van der Waals surface area contributed by atoms with Crippen molar-refractivity contribution in [3.63, 3.8) is 0 Å². The van der Waals surface area contributed by atoms with Crippen LogP contribution in [0.25, 0.3) is 0 Å². The fraction of sp³-hybridized carbons (Fsp3) is 0.130. The molecule has 0 fully saturated rings. The molecule has 1 aliphatic heterocycles. The van der Waals surface area contributed by atoms with Gasteiger partial charge >= 0.3 is 0 Å². The summed E-state index contributed by atoms with van der Waals surface area (Å²) < 4.78 is 11.0. The van der Waals surface area contributed by atoms with Crippen molar-refractivity contribution in [2.45, 2.75) is 6.42 Å². The molecule has 2 N–H and O–H groups in total. The molecule has 0 radical (unpaired) electrons. The summed E-state index contributed by atoms with van der Waals surface area (Å²) in [5, 5.41) is 5.68. The molecular weight excluding hydrogens is 368 g/mol. The topological polar surface area (TPSA) is 76.7 Å². The van der Waals surface area contributed by atoms with Gasteiger partial charge in [-0.3, -0.25) is 9.59 Å². The molecule has 0 unspecified atom stereocenters. The van der Waals surface area contributed by atoms with Crippen molar-refractivity contribution < 1.29 is 19.1 Å². The van der Waals surface area contributed by atoms with Gasteiger partial charge in [0.15, 0.2) is 11.5 Å². The van der Waals surface area contributed by atoms with Gasteiger partial charge in [-0.25, -0.2) is 0 Å². The van der Waals surface area contributed by atoms with Gasteiger partial charge in [0.2, 0.25) is 5.91 Å². The zero-order valence-electron chi connectivity index (χ0n) is 15.7. The van der Waals surface area contributed by atoms with Crippen molar-refractivity contribution in [2.75, 3.05) is 23.8 Å². The maximum absolute atomic E-state index is 12.5. The number of rotatable bonds is 5. The maximum Gasteiger partial charge on any atom is 0.255 e. The van der Waals surface area contributed by atoms with Crippen LogP contribution in [0, 0.1) is 0 Å². The Hall–Kier alpha value is -3.80. The van der Waals surface area contributed by atoms with E-state index >= 15 is 0 Å². The Morgan fingerprint density at radius 3 is 2.21 bits per heavy atom. The Morgan fingerprint density at radius 1 is 0.759 bits per heavy atom. The normalized spacial score (nSPS) is 12.1. The zero-order chi connectivity index (χ0) is 20.1. The van der Waals surface area contributed by atoms with Crippen LogP contribution in [0.15, 0.2) is 72.8 Å². The second-order valence-electron chi connectivity index (χ2n) is 6.60. The number of benzene rings is 3. The van der Waals surface area contributed by atoms with Crippen LogP contribution >= 0.6 is 0 Å². The molecule has 4 rings (SSSR count). The van der Waals surface area contributed by atoms with Crippen molar-refractivity contribution in [3.05, 3.63) is 83.9 Å². The summed E-state index contributed by atoms with van der Waals surface area (Å²) in [7, 11) is 0. The molecule has 0 aliphatic carbocycles. The number of nitrogens with one attached hydrogen (secondary N) is 2. The summed E-state index contributed by atoms with van der Waals surface area (Å²) in [6, 6.07) is 21.6. The lowest BCUT2D eigenvalue weighted by molar-refractivity contribution is -0.115. The quantitative estimate of drug-likeness (QED) is 0.695. The number of anilines is 2. The van der Waals surface area contributed by atoms with Crippen molar-refractivity contribution >= 4 is 23.2 Å². The monoisotopic (exact) mass is 388 g/mol. The van der Waals surface area contributed by atoms with E-state index in [4.69, 9.17) is 9.47 Å². The highest BCUT2D eigenvalue weighted by atomic mass is 16.6. The fourth-order valence-electron chi connectivity index (χ4n) is 3.02. The number of amides is 2. The first-order valence-electron chi connectivity index (χ1n) is 9.32. The minimum atomic E-state index is -0.246. The third-order valence-corrected chi connectivity index (χ3v) is 4.44. The third-order valence-electron chi connectivity index (χ3n) is 4.44. The number of fused-ring (bicyclic) bond motifs is 1. The van der Waals surface area contributed by atoms with Gasteiger partial charge in [0.1, 0.15) is 13.2 Å². The highest BCUT2D eigenvalue weighted by molar-refractivity contribution is 6.04. The van der Waals surface area contributed by atoms with Crippen molar-refractivity contribution in [1.29, 1.82) is 0 Å². The Bertz CT molecular complexity index is 1020. The first-order valence-corrected chi connectivity index (χ1v) is 9.32. The van der Waals surface area contributed by atoms with Crippen LogP contribution in [0.4, 0.5) is 11.4 Å². The van der Waals surface area contributed by atoms with Crippen LogP contribution in [0.3, 0.4) is 0 Å². The van der Waals surface area contributed by atoms with E-state index in [1.807, 2.05) is 30.3 Å². The molecule has 0 saturated carbocycles. The second-order valence-corrected chi connectivity index (χ2v) is 6.60. The van der Waals surface area contributed by atoms with E-state index < -0.39 is 0 Å². The average Bonchev–Trinajstić information content (AvgIpc) is 2.75. The van der Waals surface area contributed by atoms with Crippen LogP contribution < -0.4 is 20.1 Å². The number of carbonyl (C=O) groups is 2. The molecule has 0 atom stereocenters. The smallest absolute Gasteiger partial charge is 0.255 e. The van der Waals surface area contributed by atoms with Crippen molar-refractivity contribution in [2.24, 2.45) is 0 Å². The van der Waals surface area contributed by atoms with Gasteiger partial charge in [-0.05, 0) is 42.0 Å². The fourth-order valence-corrected chi connectivity index (χ4v) is 3.02. The first-order chi connectivity index (χ1) is 14.2. The lowest BCUT2D eigenvalue weighted by Gasteiger charge is -2.19. The van der Waals surface area contributed by atoms with E-state index in [0.29, 0.717) is 48.1 Å². The summed E-state index contributed by atoms with van der Waals surface area (Å²) in [4.78, 5) is 24.6. The number of ether oxygens (including phenoxy) is 2.